The van der Waals surface area contributed by atoms with Crippen molar-refractivity contribution in [1.82, 2.24) is 9.97 Å². The molecule has 0 aliphatic rings. The summed E-state index contributed by atoms with van der Waals surface area (Å²) in [7, 11) is 0. The molecule has 0 aromatic carbocycles. The summed E-state index contributed by atoms with van der Waals surface area (Å²) in [5.41, 5.74) is 5.67. The maximum atomic E-state index is 9.01. The summed E-state index contributed by atoms with van der Waals surface area (Å²) in [5.74, 6) is 0. The van der Waals surface area contributed by atoms with Gasteiger partial charge in [-0.3, -0.25) is 0 Å². The van der Waals surface area contributed by atoms with E-state index in [0.717, 1.165) is 5.03 Å². The minimum Gasteiger partial charge on any atom is -0.395 e. The highest BCUT2D eigenvalue weighted by Gasteiger charge is 2.14. The summed E-state index contributed by atoms with van der Waals surface area (Å²) < 4.78 is 0. The summed E-state index contributed by atoms with van der Waals surface area (Å²) in [4.78, 5) is 7.84. The van der Waals surface area contributed by atoms with Crippen LogP contribution in [0.2, 0.25) is 0 Å². The molecule has 72 valence electrons. The molecule has 0 spiro atoms. The number of nitrogens with zero attached hydrogens (tertiary/aromatic N) is 2. The maximum absolute atomic E-state index is 9.01. The highest BCUT2D eigenvalue weighted by Crippen LogP contribution is 2.21. The van der Waals surface area contributed by atoms with E-state index in [2.05, 4.69) is 9.97 Å². The third kappa shape index (κ3) is 3.30. The smallest absolute Gasteiger partial charge is 0.116 e. The minimum atomic E-state index is -0.0510. The number of rotatable bonds is 4. The van der Waals surface area contributed by atoms with Gasteiger partial charge in [0.25, 0.3) is 0 Å². The molecule has 0 fully saturated rings. The van der Waals surface area contributed by atoms with Crippen LogP contribution in [-0.2, 0) is 0 Å². The number of aliphatic hydroxyl groups is 1. The van der Waals surface area contributed by atoms with Crippen LogP contribution in [0, 0.1) is 0 Å². The monoisotopic (exact) mass is 199 g/mol. The van der Waals surface area contributed by atoms with Gasteiger partial charge in [-0.25, -0.2) is 9.97 Å². The van der Waals surface area contributed by atoms with Crippen LogP contribution in [0.4, 0.5) is 0 Å². The molecule has 1 aromatic rings. The Morgan fingerprint density at radius 1 is 1.69 bits per heavy atom. The average molecular weight is 199 g/mol. The summed E-state index contributed by atoms with van der Waals surface area (Å²) in [6.07, 6.45) is 3.16. The number of aromatic nitrogens is 2. The largest absolute Gasteiger partial charge is 0.395 e. The number of hydrogen-bond donors (Lipinski definition) is 2. The lowest BCUT2D eigenvalue weighted by atomic mass is 10.3. The van der Waals surface area contributed by atoms with E-state index in [9.17, 15) is 0 Å². The zero-order valence-corrected chi connectivity index (χ0v) is 8.24. The number of thioether (sulfide) groups is 1. The molecule has 0 saturated carbocycles. The SMILES string of the molecule is CC(N)C(CO)Sc1ccncn1. The van der Waals surface area contributed by atoms with Crippen molar-refractivity contribution in [1.29, 1.82) is 0 Å². The third-order valence-electron chi connectivity index (χ3n) is 1.59. The predicted molar refractivity (Wildman–Crippen MR) is 52.4 cm³/mol. The molecule has 1 aromatic heterocycles. The first-order valence-electron chi connectivity index (χ1n) is 4.03. The van der Waals surface area contributed by atoms with Gasteiger partial charge in [-0.05, 0) is 13.0 Å². The van der Waals surface area contributed by atoms with Gasteiger partial charge < -0.3 is 10.8 Å². The van der Waals surface area contributed by atoms with Crippen LogP contribution in [0.25, 0.3) is 0 Å². The molecule has 3 N–H and O–H groups in total. The fourth-order valence-electron chi connectivity index (χ4n) is 0.814. The lowest BCUT2D eigenvalue weighted by Gasteiger charge is -2.16. The molecule has 4 nitrogen and oxygen atoms in total. The number of nitrogens with two attached hydrogens (primary N) is 1. The molecule has 0 radical (unpaired) electrons. The first-order chi connectivity index (χ1) is 6.24. The average Bonchev–Trinajstić information content (AvgIpc) is 2.15. The molecule has 0 aliphatic carbocycles. The fraction of sp³-hybridized carbons (Fsp3) is 0.500. The standard InChI is InChI=1S/C8H13N3OS/c1-6(9)7(4-12)13-8-2-3-10-5-11-8/h2-3,5-7,12H,4,9H2,1H3. The quantitative estimate of drug-likeness (QED) is 0.538. The highest BCUT2D eigenvalue weighted by molar-refractivity contribution is 7.99. The van der Waals surface area contributed by atoms with Gasteiger partial charge in [0.1, 0.15) is 6.33 Å². The Morgan fingerprint density at radius 2 is 2.46 bits per heavy atom. The molecule has 0 aliphatic heterocycles. The normalized spacial score (nSPS) is 15.3. The van der Waals surface area contributed by atoms with Crippen molar-refractivity contribution in [2.75, 3.05) is 6.61 Å². The Bertz CT molecular complexity index is 242. The van der Waals surface area contributed by atoms with Gasteiger partial charge >= 0.3 is 0 Å². The van der Waals surface area contributed by atoms with E-state index < -0.39 is 0 Å². The Kier molecular flexibility index (Phi) is 4.14. The third-order valence-corrected chi connectivity index (χ3v) is 2.96. The molecular weight excluding hydrogens is 186 g/mol. The molecular formula is C8H13N3OS. The van der Waals surface area contributed by atoms with Crippen molar-refractivity contribution in [2.24, 2.45) is 5.73 Å². The Labute approximate surface area is 81.6 Å². The molecule has 1 heterocycles. The Balaban J connectivity index is 2.57. The highest BCUT2D eigenvalue weighted by atomic mass is 32.2. The van der Waals surface area contributed by atoms with Crippen LogP contribution < -0.4 is 5.73 Å². The van der Waals surface area contributed by atoms with E-state index in [0.29, 0.717) is 0 Å². The number of aliphatic hydroxyl groups excluding tert-OH is 1. The maximum Gasteiger partial charge on any atom is 0.116 e. The molecule has 0 bridgehead atoms. The van der Waals surface area contributed by atoms with Gasteiger partial charge in [0.15, 0.2) is 0 Å². The molecule has 1 rings (SSSR count). The van der Waals surface area contributed by atoms with Gasteiger partial charge in [-0.1, -0.05) is 11.8 Å². The first kappa shape index (κ1) is 10.4. The van der Waals surface area contributed by atoms with E-state index in [4.69, 9.17) is 10.8 Å². The zero-order valence-electron chi connectivity index (χ0n) is 7.42. The fourth-order valence-corrected chi connectivity index (χ4v) is 1.66. The molecule has 5 heteroatoms. The van der Waals surface area contributed by atoms with E-state index in [1.54, 1.807) is 12.3 Å². The van der Waals surface area contributed by atoms with Crippen LogP contribution in [0.5, 0.6) is 0 Å². The van der Waals surface area contributed by atoms with Crippen LogP contribution in [0.3, 0.4) is 0 Å². The van der Waals surface area contributed by atoms with E-state index in [1.165, 1.54) is 18.1 Å². The van der Waals surface area contributed by atoms with Gasteiger partial charge in [-0.15, -0.1) is 0 Å². The molecule has 2 unspecified atom stereocenters. The van der Waals surface area contributed by atoms with Crippen molar-refractivity contribution >= 4 is 11.8 Å². The van der Waals surface area contributed by atoms with Gasteiger partial charge in [0.05, 0.1) is 11.6 Å². The molecule has 0 amide bonds. The molecule has 0 saturated heterocycles. The van der Waals surface area contributed by atoms with Crippen molar-refractivity contribution < 1.29 is 5.11 Å². The van der Waals surface area contributed by atoms with Crippen LogP contribution >= 0.6 is 11.8 Å². The molecule has 13 heavy (non-hydrogen) atoms. The van der Waals surface area contributed by atoms with E-state index in [-0.39, 0.29) is 17.9 Å². The van der Waals surface area contributed by atoms with Crippen molar-refractivity contribution in [3.63, 3.8) is 0 Å². The second-order valence-corrected chi connectivity index (χ2v) is 4.01. The lowest BCUT2D eigenvalue weighted by molar-refractivity contribution is 0.285. The van der Waals surface area contributed by atoms with Gasteiger partial charge in [0, 0.05) is 17.5 Å². The second-order valence-electron chi connectivity index (χ2n) is 2.75. The van der Waals surface area contributed by atoms with Crippen LogP contribution in [0.1, 0.15) is 6.92 Å². The van der Waals surface area contributed by atoms with Gasteiger partial charge in [0.2, 0.25) is 0 Å². The summed E-state index contributed by atoms with van der Waals surface area (Å²) >= 11 is 1.47. The Hall–Kier alpha value is -0.650. The van der Waals surface area contributed by atoms with E-state index >= 15 is 0 Å². The predicted octanol–water partition coefficient (Wildman–Crippen LogP) is 0.277. The molecule has 2 atom stereocenters. The zero-order chi connectivity index (χ0) is 9.68. The first-order valence-corrected chi connectivity index (χ1v) is 4.91. The Morgan fingerprint density at radius 3 is 2.92 bits per heavy atom. The van der Waals surface area contributed by atoms with Crippen molar-refractivity contribution in [3.8, 4) is 0 Å². The lowest BCUT2D eigenvalue weighted by Crippen LogP contribution is -2.31. The van der Waals surface area contributed by atoms with Crippen LogP contribution in [0.15, 0.2) is 23.6 Å². The summed E-state index contributed by atoms with van der Waals surface area (Å²) in [6, 6.07) is 1.75. The minimum absolute atomic E-state index is 0.00472. The van der Waals surface area contributed by atoms with E-state index in [1.807, 2.05) is 6.92 Å². The summed E-state index contributed by atoms with van der Waals surface area (Å²) in [6.45, 7) is 1.93. The van der Waals surface area contributed by atoms with Gasteiger partial charge in [-0.2, -0.15) is 0 Å². The number of hydrogen-bond acceptors (Lipinski definition) is 5. The van der Waals surface area contributed by atoms with Crippen LogP contribution in [-0.4, -0.2) is 33.0 Å². The summed E-state index contributed by atoms with van der Waals surface area (Å²) in [5, 5.41) is 9.85. The van der Waals surface area contributed by atoms with Crippen molar-refractivity contribution in [2.45, 2.75) is 23.2 Å². The van der Waals surface area contributed by atoms with Crippen molar-refractivity contribution in [3.05, 3.63) is 18.6 Å². The second kappa shape index (κ2) is 5.16. The topological polar surface area (TPSA) is 72.0 Å².